The van der Waals surface area contributed by atoms with E-state index in [0.717, 1.165) is 17.0 Å². The maximum absolute atomic E-state index is 13.5. The molecular formula is C19H22FN5O2. The highest BCUT2D eigenvalue weighted by atomic mass is 19.1. The molecule has 3 aromatic rings. The van der Waals surface area contributed by atoms with E-state index in [4.69, 9.17) is 4.74 Å². The summed E-state index contributed by atoms with van der Waals surface area (Å²) in [6.45, 7) is 4.47. The number of rotatable bonds is 7. The average Bonchev–Trinajstić information content (AvgIpc) is 3.11. The van der Waals surface area contributed by atoms with Crippen LogP contribution in [0.3, 0.4) is 0 Å². The van der Waals surface area contributed by atoms with Gasteiger partial charge in [0.2, 0.25) is 5.91 Å². The number of hydrogen-bond acceptors (Lipinski definition) is 5. The molecule has 1 aromatic carbocycles. The van der Waals surface area contributed by atoms with Crippen molar-refractivity contribution in [1.82, 2.24) is 24.5 Å². The minimum absolute atomic E-state index is 0.00961. The number of hydrogen-bond donors (Lipinski definition) is 0. The number of para-hydroxylation sites is 1. The van der Waals surface area contributed by atoms with Gasteiger partial charge in [-0.3, -0.25) is 4.79 Å². The van der Waals surface area contributed by atoms with Crippen molar-refractivity contribution in [3.05, 3.63) is 53.4 Å². The standard InChI is InChI=1S/C19H22FN5O2/c1-13-15(14(2)25-19(23-13)21-12-22-25)8-9-18(26)24(3)10-11-27-17-7-5-4-6-16(17)20/h4-7,12H,8-11H2,1-3H3. The molecule has 2 aromatic heterocycles. The molecule has 7 nitrogen and oxygen atoms in total. The van der Waals surface area contributed by atoms with Gasteiger partial charge in [-0.1, -0.05) is 12.1 Å². The van der Waals surface area contributed by atoms with Gasteiger partial charge in [0.25, 0.3) is 5.78 Å². The number of likely N-dealkylation sites (N-methyl/N-ethyl adjacent to an activating group) is 1. The molecule has 1 amide bonds. The molecule has 0 fully saturated rings. The summed E-state index contributed by atoms with van der Waals surface area (Å²) in [4.78, 5) is 22.5. The number of amides is 1. The van der Waals surface area contributed by atoms with Crippen LogP contribution in [-0.4, -0.2) is 50.6 Å². The maximum atomic E-state index is 13.5. The molecule has 0 aliphatic heterocycles. The Bertz CT molecular complexity index is 956. The normalized spacial score (nSPS) is 11.0. The molecule has 0 saturated heterocycles. The molecule has 3 rings (SSSR count). The number of nitrogens with zero attached hydrogens (tertiary/aromatic N) is 5. The van der Waals surface area contributed by atoms with E-state index in [1.54, 1.807) is 34.7 Å². The number of aryl methyl sites for hydroxylation is 2. The van der Waals surface area contributed by atoms with Crippen LogP contribution in [0, 0.1) is 19.7 Å². The molecule has 27 heavy (non-hydrogen) atoms. The van der Waals surface area contributed by atoms with Crippen molar-refractivity contribution < 1.29 is 13.9 Å². The molecule has 0 radical (unpaired) electrons. The summed E-state index contributed by atoms with van der Waals surface area (Å²) < 4.78 is 20.6. The third-order valence-corrected chi connectivity index (χ3v) is 4.52. The lowest BCUT2D eigenvalue weighted by Gasteiger charge is -2.18. The number of fused-ring (bicyclic) bond motifs is 1. The van der Waals surface area contributed by atoms with Gasteiger partial charge < -0.3 is 9.64 Å². The summed E-state index contributed by atoms with van der Waals surface area (Å²) in [7, 11) is 1.71. The Labute approximate surface area is 156 Å². The highest BCUT2D eigenvalue weighted by molar-refractivity contribution is 5.76. The predicted molar refractivity (Wildman–Crippen MR) is 98.1 cm³/mol. The molecule has 0 aliphatic carbocycles. The summed E-state index contributed by atoms with van der Waals surface area (Å²) >= 11 is 0. The van der Waals surface area contributed by atoms with E-state index in [1.807, 2.05) is 13.8 Å². The van der Waals surface area contributed by atoms with Crippen LogP contribution in [0.2, 0.25) is 0 Å². The second-order valence-corrected chi connectivity index (χ2v) is 6.33. The van der Waals surface area contributed by atoms with Crippen LogP contribution in [0.4, 0.5) is 4.39 Å². The summed E-state index contributed by atoms with van der Waals surface area (Å²) in [5.41, 5.74) is 2.79. The molecule has 0 spiro atoms. The number of carbonyl (C=O) groups excluding carboxylic acids is 1. The summed E-state index contributed by atoms with van der Waals surface area (Å²) in [6, 6.07) is 6.22. The van der Waals surface area contributed by atoms with Gasteiger partial charge in [0.05, 0.1) is 6.54 Å². The molecule has 0 saturated carbocycles. The topological polar surface area (TPSA) is 72.6 Å². The Balaban J connectivity index is 1.54. The van der Waals surface area contributed by atoms with E-state index in [1.165, 1.54) is 12.4 Å². The van der Waals surface area contributed by atoms with Gasteiger partial charge >= 0.3 is 0 Å². The third kappa shape index (κ3) is 4.21. The molecule has 0 atom stereocenters. The average molecular weight is 371 g/mol. The van der Waals surface area contributed by atoms with Crippen LogP contribution in [-0.2, 0) is 11.2 Å². The first-order valence-electron chi connectivity index (χ1n) is 8.74. The van der Waals surface area contributed by atoms with Gasteiger partial charge in [-0.15, -0.1) is 0 Å². The Morgan fingerprint density at radius 1 is 1.30 bits per heavy atom. The van der Waals surface area contributed by atoms with E-state index in [2.05, 4.69) is 15.1 Å². The van der Waals surface area contributed by atoms with Crippen LogP contribution in [0.1, 0.15) is 23.4 Å². The number of carbonyl (C=O) groups is 1. The smallest absolute Gasteiger partial charge is 0.252 e. The Morgan fingerprint density at radius 3 is 2.85 bits per heavy atom. The largest absolute Gasteiger partial charge is 0.489 e. The zero-order valence-corrected chi connectivity index (χ0v) is 15.6. The lowest BCUT2D eigenvalue weighted by atomic mass is 10.1. The maximum Gasteiger partial charge on any atom is 0.252 e. The van der Waals surface area contributed by atoms with Crippen molar-refractivity contribution in [3.8, 4) is 5.75 Å². The SMILES string of the molecule is Cc1nc2ncnn2c(C)c1CCC(=O)N(C)CCOc1ccccc1F. The first kappa shape index (κ1) is 18.8. The second-order valence-electron chi connectivity index (χ2n) is 6.33. The first-order chi connectivity index (χ1) is 13.0. The van der Waals surface area contributed by atoms with Crippen LogP contribution < -0.4 is 4.74 Å². The molecule has 0 N–H and O–H groups in total. The summed E-state index contributed by atoms with van der Waals surface area (Å²) in [5.74, 6) is 0.331. The minimum Gasteiger partial charge on any atom is -0.489 e. The zero-order chi connectivity index (χ0) is 19.4. The lowest BCUT2D eigenvalue weighted by molar-refractivity contribution is -0.130. The number of halogens is 1. The van der Waals surface area contributed by atoms with Crippen molar-refractivity contribution in [2.75, 3.05) is 20.2 Å². The zero-order valence-electron chi connectivity index (χ0n) is 15.6. The van der Waals surface area contributed by atoms with Crippen molar-refractivity contribution in [2.24, 2.45) is 0 Å². The first-order valence-corrected chi connectivity index (χ1v) is 8.74. The van der Waals surface area contributed by atoms with Gasteiger partial charge in [0.1, 0.15) is 12.9 Å². The van der Waals surface area contributed by atoms with Gasteiger partial charge in [0, 0.05) is 24.9 Å². The number of aromatic nitrogens is 4. The van der Waals surface area contributed by atoms with Crippen LogP contribution in [0.15, 0.2) is 30.6 Å². The second kappa shape index (κ2) is 8.11. The molecule has 0 bridgehead atoms. The Kier molecular flexibility index (Phi) is 5.63. The highest BCUT2D eigenvalue weighted by Gasteiger charge is 2.14. The van der Waals surface area contributed by atoms with Gasteiger partial charge in [-0.25, -0.2) is 13.9 Å². The van der Waals surface area contributed by atoms with Crippen molar-refractivity contribution in [3.63, 3.8) is 0 Å². The minimum atomic E-state index is -0.409. The van der Waals surface area contributed by atoms with E-state index in [9.17, 15) is 9.18 Å². The summed E-state index contributed by atoms with van der Waals surface area (Å²) in [5, 5.41) is 4.16. The van der Waals surface area contributed by atoms with Crippen LogP contribution in [0.25, 0.3) is 5.78 Å². The van der Waals surface area contributed by atoms with Gasteiger partial charge in [-0.05, 0) is 38.0 Å². The van der Waals surface area contributed by atoms with E-state index in [-0.39, 0.29) is 18.3 Å². The molecule has 0 aliphatic rings. The monoisotopic (exact) mass is 371 g/mol. The van der Waals surface area contributed by atoms with Crippen molar-refractivity contribution >= 4 is 11.7 Å². The Hall–Kier alpha value is -3.03. The lowest BCUT2D eigenvalue weighted by Crippen LogP contribution is -2.31. The van der Waals surface area contributed by atoms with Gasteiger partial charge in [-0.2, -0.15) is 10.1 Å². The molecule has 2 heterocycles. The number of ether oxygens (including phenoxy) is 1. The fraction of sp³-hybridized carbons (Fsp3) is 0.368. The molecule has 8 heteroatoms. The van der Waals surface area contributed by atoms with Crippen LogP contribution >= 0.6 is 0 Å². The van der Waals surface area contributed by atoms with Gasteiger partial charge in [0.15, 0.2) is 11.6 Å². The fourth-order valence-corrected chi connectivity index (χ4v) is 2.92. The van der Waals surface area contributed by atoms with E-state index < -0.39 is 5.82 Å². The van der Waals surface area contributed by atoms with E-state index in [0.29, 0.717) is 25.2 Å². The van der Waals surface area contributed by atoms with E-state index >= 15 is 0 Å². The quantitative estimate of drug-likeness (QED) is 0.637. The van der Waals surface area contributed by atoms with Crippen LogP contribution in [0.5, 0.6) is 5.75 Å². The fourth-order valence-electron chi connectivity index (χ4n) is 2.92. The third-order valence-electron chi connectivity index (χ3n) is 4.52. The molecule has 142 valence electrons. The Morgan fingerprint density at radius 2 is 2.07 bits per heavy atom. The predicted octanol–water partition coefficient (Wildman–Crippen LogP) is 2.35. The van der Waals surface area contributed by atoms with Crippen molar-refractivity contribution in [1.29, 1.82) is 0 Å². The highest BCUT2D eigenvalue weighted by Crippen LogP contribution is 2.16. The molecule has 0 unspecified atom stereocenters. The summed E-state index contributed by atoms with van der Waals surface area (Å²) in [6.07, 6.45) is 2.38. The number of benzene rings is 1. The molecular weight excluding hydrogens is 349 g/mol. The van der Waals surface area contributed by atoms with Crippen molar-refractivity contribution in [2.45, 2.75) is 26.7 Å².